The molecule has 0 spiro atoms. The Kier molecular flexibility index (Phi) is 9.57. The second-order valence-electron chi connectivity index (χ2n) is 17.9. The van der Waals surface area contributed by atoms with Gasteiger partial charge in [0.05, 0.1) is 30.3 Å². The molecule has 0 aromatic carbocycles. The molecule has 0 bridgehead atoms. The molecule has 0 aromatic heterocycles. The normalized spacial score (nSPS) is 53.6. The van der Waals surface area contributed by atoms with Crippen molar-refractivity contribution in [3.8, 4) is 0 Å². The van der Waals surface area contributed by atoms with Gasteiger partial charge in [-0.25, -0.2) is 4.18 Å². The van der Waals surface area contributed by atoms with Crippen LogP contribution >= 0.6 is 0 Å². The molecule has 16 unspecified atom stereocenters. The summed E-state index contributed by atoms with van der Waals surface area (Å²) < 4.78 is 49.8. The quantitative estimate of drug-likeness (QED) is 0.119. The van der Waals surface area contributed by atoms with E-state index in [2.05, 4.69) is 26.8 Å². The third-order valence-electron chi connectivity index (χ3n) is 15.9. The van der Waals surface area contributed by atoms with E-state index in [4.69, 9.17) is 13.7 Å². The van der Waals surface area contributed by atoms with Gasteiger partial charge in [0.1, 0.15) is 24.4 Å². The van der Waals surface area contributed by atoms with Crippen LogP contribution in [0.15, 0.2) is 11.6 Å². The summed E-state index contributed by atoms with van der Waals surface area (Å²) in [5, 5.41) is 64.3. The first-order valence-electron chi connectivity index (χ1n) is 18.3. The first-order valence-corrected chi connectivity index (χ1v) is 19.6. The topological polar surface area (TPSA) is 221 Å². The molecule has 5 fully saturated rings. The Balaban J connectivity index is 1.38. The average Bonchev–Trinajstić information content (AvgIpc) is 3.04. The number of rotatable bonds is 6. The third-order valence-corrected chi connectivity index (χ3v) is 16.3. The lowest BCUT2D eigenvalue weighted by molar-refractivity contribution is -0.299. The minimum atomic E-state index is -4.72. The van der Waals surface area contributed by atoms with E-state index in [1.54, 1.807) is 6.92 Å². The standard InChI is InChI=1S/C36H58O13S/c1-19-9-14-36(30(42)48-29-27(41)26(40)25(39)21(17-37)47-29)16-15-33(4)20(28(36)35(19,6)43)7-8-23-31(2)12-11-24(49-50(44,45)46)32(3,18-38)22(31)10-13-34(23,33)5/h7,19,21-29,37-41,43H,8-18H2,1-6H3,(H,44,45,46). The van der Waals surface area contributed by atoms with E-state index >= 15 is 0 Å². The van der Waals surface area contributed by atoms with Crippen LogP contribution in [-0.4, -0.2) is 105 Å². The van der Waals surface area contributed by atoms with Gasteiger partial charge in [-0.3, -0.25) is 9.35 Å². The van der Waals surface area contributed by atoms with E-state index in [9.17, 15) is 48.4 Å². The van der Waals surface area contributed by atoms with E-state index in [0.717, 1.165) is 12.0 Å². The molecule has 1 heterocycles. The minimum Gasteiger partial charge on any atom is -0.432 e. The van der Waals surface area contributed by atoms with Gasteiger partial charge in [0, 0.05) is 11.3 Å². The Bertz CT molecular complexity index is 1480. The van der Waals surface area contributed by atoms with Crippen LogP contribution in [0.5, 0.6) is 0 Å². The van der Waals surface area contributed by atoms with Crippen molar-refractivity contribution >= 4 is 16.4 Å². The van der Waals surface area contributed by atoms with E-state index in [0.29, 0.717) is 51.4 Å². The maximum Gasteiger partial charge on any atom is 0.397 e. The molecule has 5 aliphatic carbocycles. The number of allylic oxidation sites excluding steroid dienone is 1. The summed E-state index contributed by atoms with van der Waals surface area (Å²) in [6.45, 7) is 11.5. The van der Waals surface area contributed by atoms with Crippen molar-refractivity contribution in [1.29, 1.82) is 0 Å². The lowest BCUT2D eigenvalue weighted by Gasteiger charge is -2.72. The molecule has 50 heavy (non-hydrogen) atoms. The first kappa shape index (κ1) is 38.5. The fraction of sp³-hybridized carbons (Fsp3) is 0.917. The number of esters is 1. The maximum atomic E-state index is 14.5. The van der Waals surface area contributed by atoms with Gasteiger partial charge in [0.15, 0.2) is 0 Å². The van der Waals surface area contributed by atoms with Crippen LogP contribution in [0.2, 0.25) is 0 Å². The van der Waals surface area contributed by atoms with Crippen molar-refractivity contribution in [3.63, 3.8) is 0 Å². The van der Waals surface area contributed by atoms with Crippen molar-refractivity contribution in [2.75, 3.05) is 13.2 Å². The number of hydrogen-bond donors (Lipinski definition) is 7. The number of carbonyl (C=O) groups excluding carboxylic acids is 1. The smallest absolute Gasteiger partial charge is 0.397 e. The van der Waals surface area contributed by atoms with Gasteiger partial charge < -0.3 is 40.1 Å². The van der Waals surface area contributed by atoms with Crippen LogP contribution < -0.4 is 0 Å². The zero-order valence-corrected chi connectivity index (χ0v) is 30.9. The van der Waals surface area contributed by atoms with Crippen molar-refractivity contribution < 1.29 is 62.1 Å². The number of carbonyl (C=O) groups is 1. The van der Waals surface area contributed by atoms with Crippen LogP contribution in [0.1, 0.15) is 99.3 Å². The minimum absolute atomic E-state index is 0.0915. The maximum absolute atomic E-state index is 14.5. The number of hydrogen-bond acceptors (Lipinski definition) is 12. The highest BCUT2D eigenvalue weighted by Crippen LogP contribution is 2.76. The van der Waals surface area contributed by atoms with Crippen molar-refractivity contribution in [2.45, 2.75) is 142 Å². The summed E-state index contributed by atoms with van der Waals surface area (Å²) in [7, 11) is -4.72. The molecular formula is C36H58O13S. The molecule has 14 heteroatoms. The number of fused-ring (bicyclic) bond motifs is 7. The zero-order valence-electron chi connectivity index (χ0n) is 30.1. The van der Waals surface area contributed by atoms with Crippen molar-refractivity contribution in [1.82, 2.24) is 0 Å². The number of ether oxygens (including phenoxy) is 2. The monoisotopic (exact) mass is 730 g/mol. The predicted octanol–water partition coefficient (Wildman–Crippen LogP) is 2.26. The largest absolute Gasteiger partial charge is 0.432 e. The molecule has 1 saturated heterocycles. The van der Waals surface area contributed by atoms with E-state index in [-0.39, 0.29) is 35.2 Å². The molecule has 13 nitrogen and oxygen atoms in total. The summed E-state index contributed by atoms with van der Waals surface area (Å²) in [5.74, 6) is -1.39. The summed E-state index contributed by atoms with van der Waals surface area (Å²) >= 11 is 0. The molecule has 4 saturated carbocycles. The van der Waals surface area contributed by atoms with Crippen molar-refractivity contribution in [3.05, 3.63) is 11.6 Å². The zero-order chi connectivity index (χ0) is 37.0. The van der Waals surface area contributed by atoms with E-state index in [1.807, 2.05) is 13.8 Å². The van der Waals surface area contributed by atoms with Gasteiger partial charge in [-0.15, -0.1) is 0 Å². The number of aliphatic hydroxyl groups excluding tert-OH is 5. The SMILES string of the molecule is CC1CCC2(C(=O)OC3OC(CO)C(O)C(O)C3O)CCC3(C)C(=CCC4C5(C)CCC(OS(=O)(=O)O)C(C)(CO)C5CCC43C)C2C1(C)O. The Morgan fingerprint density at radius 2 is 1.60 bits per heavy atom. The predicted molar refractivity (Wildman–Crippen MR) is 178 cm³/mol. The van der Waals surface area contributed by atoms with Crippen LogP contribution in [-0.2, 0) is 28.9 Å². The third kappa shape index (κ3) is 5.32. The molecule has 6 aliphatic rings. The molecule has 7 N–H and O–H groups in total. The highest BCUT2D eigenvalue weighted by atomic mass is 32.3. The van der Waals surface area contributed by atoms with Gasteiger partial charge in [0.25, 0.3) is 0 Å². The Labute approximate surface area is 295 Å². The molecule has 0 amide bonds. The Morgan fingerprint density at radius 3 is 2.22 bits per heavy atom. The molecule has 286 valence electrons. The fourth-order valence-corrected chi connectivity index (χ4v) is 13.1. The van der Waals surface area contributed by atoms with Crippen LogP contribution in [0.3, 0.4) is 0 Å². The summed E-state index contributed by atoms with van der Waals surface area (Å²) in [4.78, 5) is 14.5. The van der Waals surface area contributed by atoms with E-state index < -0.39 is 87.5 Å². The molecule has 0 aromatic rings. The average molecular weight is 731 g/mol. The van der Waals surface area contributed by atoms with Gasteiger partial charge in [-0.2, -0.15) is 8.42 Å². The van der Waals surface area contributed by atoms with Gasteiger partial charge in [-0.05, 0) is 98.7 Å². The highest BCUT2D eigenvalue weighted by molar-refractivity contribution is 7.80. The van der Waals surface area contributed by atoms with Crippen LogP contribution in [0.4, 0.5) is 0 Å². The second kappa shape index (κ2) is 12.4. The van der Waals surface area contributed by atoms with Crippen molar-refractivity contribution in [2.24, 2.45) is 50.7 Å². The molecule has 16 atom stereocenters. The van der Waals surface area contributed by atoms with Gasteiger partial charge in [0.2, 0.25) is 6.29 Å². The highest BCUT2D eigenvalue weighted by Gasteiger charge is 2.72. The molecule has 6 rings (SSSR count). The number of aliphatic hydroxyl groups is 6. The summed E-state index contributed by atoms with van der Waals surface area (Å²) in [5.41, 5.74) is -3.41. The summed E-state index contributed by atoms with van der Waals surface area (Å²) in [6, 6.07) is 0. The lowest BCUT2D eigenvalue weighted by atomic mass is 9.33. The summed E-state index contributed by atoms with van der Waals surface area (Å²) in [6.07, 6.45) is -1.45. The Morgan fingerprint density at radius 1 is 0.920 bits per heavy atom. The first-order chi connectivity index (χ1) is 23.1. The van der Waals surface area contributed by atoms with Gasteiger partial charge >= 0.3 is 16.4 Å². The fourth-order valence-electron chi connectivity index (χ4n) is 12.5. The lowest BCUT2D eigenvalue weighted by Crippen LogP contribution is -2.68. The van der Waals surface area contributed by atoms with E-state index in [1.165, 1.54) is 0 Å². The second-order valence-corrected chi connectivity index (χ2v) is 18.9. The van der Waals surface area contributed by atoms with Crippen LogP contribution in [0, 0.1) is 50.7 Å². The Hall–Kier alpha value is -1.20. The molecular weight excluding hydrogens is 672 g/mol. The van der Waals surface area contributed by atoms with Crippen LogP contribution in [0.25, 0.3) is 0 Å². The van der Waals surface area contributed by atoms with Gasteiger partial charge in [-0.1, -0.05) is 46.3 Å². The molecule has 1 aliphatic heterocycles. The molecule has 0 radical (unpaired) electrons.